The maximum atomic E-state index is 13.6. The molecule has 0 amide bonds. The predicted octanol–water partition coefficient (Wildman–Crippen LogP) is 2.66. The van der Waals surface area contributed by atoms with E-state index in [1.54, 1.807) is 48.8 Å². The van der Waals surface area contributed by atoms with Gasteiger partial charge >= 0.3 is 11.9 Å². The summed E-state index contributed by atoms with van der Waals surface area (Å²) in [6, 6.07) is 14.1. The molecule has 8 nitrogen and oxygen atoms in total. The second-order valence-electron chi connectivity index (χ2n) is 8.15. The Labute approximate surface area is 211 Å². The summed E-state index contributed by atoms with van der Waals surface area (Å²) < 4.78 is 17.3. The highest BCUT2D eigenvalue weighted by molar-refractivity contribution is 7.07. The van der Waals surface area contributed by atoms with Gasteiger partial charge in [0.05, 0.1) is 35.6 Å². The van der Waals surface area contributed by atoms with Crippen molar-refractivity contribution in [1.29, 1.82) is 0 Å². The van der Waals surface area contributed by atoms with Crippen molar-refractivity contribution in [3.05, 3.63) is 96.2 Å². The van der Waals surface area contributed by atoms with E-state index in [0.29, 0.717) is 26.4 Å². The van der Waals surface area contributed by atoms with E-state index in [4.69, 9.17) is 9.47 Å². The number of hydrogen-bond donors (Lipinski definition) is 0. The van der Waals surface area contributed by atoms with Crippen molar-refractivity contribution in [1.82, 2.24) is 4.57 Å². The maximum Gasteiger partial charge on any atom is 0.343 e. The van der Waals surface area contributed by atoms with E-state index in [1.165, 1.54) is 18.4 Å². The highest BCUT2D eigenvalue weighted by Crippen LogP contribution is 2.30. The second-order valence-corrected chi connectivity index (χ2v) is 9.16. The number of esters is 2. The molecule has 1 aliphatic rings. The smallest absolute Gasteiger partial charge is 0.343 e. The first kappa shape index (κ1) is 25.1. The minimum absolute atomic E-state index is 0.185. The first-order valence-corrected chi connectivity index (χ1v) is 12.2. The van der Waals surface area contributed by atoms with E-state index in [2.05, 4.69) is 9.73 Å². The molecule has 2 aromatic carbocycles. The minimum atomic E-state index is -0.642. The fourth-order valence-corrected chi connectivity index (χ4v) is 4.92. The van der Waals surface area contributed by atoms with Crippen molar-refractivity contribution in [3.63, 3.8) is 0 Å². The number of aryl methyl sites for hydroxylation is 1. The fraction of sp³-hybridized carbons (Fsp3) is 0.259. The summed E-state index contributed by atoms with van der Waals surface area (Å²) in [5.41, 5.74) is 3.29. The molecule has 9 heteroatoms. The van der Waals surface area contributed by atoms with Crippen LogP contribution in [0.3, 0.4) is 0 Å². The van der Waals surface area contributed by atoms with Crippen LogP contribution >= 0.6 is 11.3 Å². The number of hydrogen-bond acceptors (Lipinski definition) is 8. The van der Waals surface area contributed by atoms with Gasteiger partial charge in [0.1, 0.15) is 5.75 Å². The van der Waals surface area contributed by atoms with Crippen molar-refractivity contribution in [2.45, 2.75) is 26.8 Å². The van der Waals surface area contributed by atoms with Gasteiger partial charge in [0, 0.05) is 0 Å². The zero-order valence-corrected chi connectivity index (χ0v) is 21.3. The molecule has 4 rings (SSSR count). The molecule has 0 saturated heterocycles. The van der Waals surface area contributed by atoms with Crippen LogP contribution in [0.4, 0.5) is 0 Å². The third kappa shape index (κ3) is 5.16. The number of carbonyl (C=O) groups is 2. The topological polar surface area (TPSA) is 96.2 Å². The molecule has 0 radical (unpaired) electrons. The van der Waals surface area contributed by atoms with E-state index in [0.717, 1.165) is 16.7 Å². The zero-order valence-electron chi connectivity index (χ0n) is 20.4. The molecule has 36 heavy (non-hydrogen) atoms. The minimum Gasteiger partial charge on any atom is -0.482 e. The standard InChI is InChI=1S/C27H26N2O6S/c1-5-34-26(32)23-17(3)28-27-29(24(23)19-10-6-16(2)7-11-19)25(31)21(36-27)14-18-8-12-20(13-9-18)35-15-22(30)33-4/h6-14,24H,5,15H2,1-4H3/b21-14+/t24-/m0/s1. The Hall–Kier alpha value is -3.98. The Kier molecular flexibility index (Phi) is 7.49. The average molecular weight is 507 g/mol. The largest absolute Gasteiger partial charge is 0.482 e. The Bertz CT molecular complexity index is 1500. The molecule has 0 aliphatic carbocycles. The summed E-state index contributed by atoms with van der Waals surface area (Å²) in [5.74, 6) is -0.449. The van der Waals surface area contributed by atoms with Gasteiger partial charge in [-0.1, -0.05) is 53.3 Å². The lowest BCUT2D eigenvalue weighted by atomic mass is 9.95. The van der Waals surface area contributed by atoms with Crippen molar-refractivity contribution in [2.75, 3.05) is 20.3 Å². The van der Waals surface area contributed by atoms with Gasteiger partial charge in [0.2, 0.25) is 0 Å². The molecule has 0 fully saturated rings. The number of rotatable bonds is 7. The van der Waals surface area contributed by atoms with E-state index < -0.39 is 18.0 Å². The van der Waals surface area contributed by atoms with Gasteiger partial charge in [-0.25, -0.2) is 14.6 Å². The van der Waals surface area contributed by atoms with Crippen LogP contribution in [0.5, 0.6) is 5.75 Å². The summed E-state index contributed by atoms with van der Waals surface area (Å²) in [6.07, 6.45) is 1.77. The highest BCUT2D eigenvalue weighted by atomic mass is 32.1. The molecule has 0 bridgehead atoms. The SMILES string of the molecule is CCOC(=O)C1=C(C)N=c2s/c(=C/c3ccc(OCC(=O)OC)cc3)c(=O)n2[C@H]1c1ccc(C)cc1. The third-order valence-corrected chi connectivity index (χ3v) is 6.66. The molecule has 0 N–H and O–H groups in total. The van der Waals surface area contributed by atoms with Gasteiger partial charge in [-0.2, -0.15) is 0 Å². The number of allylic oxidation sites excluding steroid dienone is 1. The Balaban J connectivity index is 1.77. The van der Waals surface area contributed by atoms with E-state index >= 15 is 0 Å². The molecular weight excluding hydrogens is 480 g/mol. The molecule has 0 saturated carbocycles. The van der Waals surface area contributed by atoms with Crippen molar-refractivity contribution >= 4 is 29.4 Å². The van der Waals surface area contributed by atoms with E-state index in [9.17, 15) is 14.4 Å². The van der Waals surface area contributed by atoms with Crippen LogP contribution in [0.25, 0.3) is 6.08 Å². The molecule has 3 aromatic rings. The molecular formula is C27H26N2O6S. The third-order valence-electron chi connectivity index (χ3n) is 5.67. The Morgan fingerprint density at radius 3 is 2.42 bits per heavy atom. The number of carbonyl (C=O) groups excluding carboxylic acids is 2. The van der Waals surface area contributed by atoms with Crippen molar-refractivity contribution in [3.8, 4) is 5.75 Å². The first-order valence-electron chi connectivity index (χ1n) is 11.4. The van der Waals surface area contributed by atoms with Crippen LogP contribution in [0, 0.1) is 6.92 Å². The molecule has 1 aliphatic heterocycles. The Morgan fingerprint density at radius 2 is 1.78 bits per heavy atom. The number of nitrogens with zero attached hydrogens (tertiary/aromatic N) is 2. The number of ether oxygens (including phenoxy) is 3. The first-order chi connectivity index (χ1) is 17.3. The van der Waals surface area contributed by atoms with Crippen LogP contribution in [0.2, 0.25) is 0 Å². The molecule has 1 aromatic heterocycles. The predicted molar refractivity (Wildman–Crippen MR) is 136 cm³/mol. The van der Waals surface area contributed by atoms with E-state index in [1.807, 2.05) is 31.2 Å². The summed E-state index contributed by atoms with van der Waals surface area (Å²) in [6.45, 7) is 5.52. The van der Waals surface area contributed by atoms with Crippen molar-refractivity contribution in [2.24, 2.45) is 4.99 Å². The lowest BCUT2D eigenvalue weighted by Crippen LogP contribution is -2.39. The average Bonchev–Trinajstić information content (AvgIpc) is 3.17. The highest BCUT2D eigenvalue weighted by Gasteiger charge is 2.33. The molecule has 0 unspecified atom stereocenters. The summed E-state index contributed by atoms with van der Waals surface area (Å²) in [4.78, 5) is 42.9. The number of fused-ring (bicyclic) bond motifs is 1. The number of benzene rings is 2. The lowest BCUT2D eigenvalue weighted by Gasteiger charge is -2.24. The van der Waals surface area contributed by atoms with Gasteiger partial charge in [-0.3, -0.25) is 9.36 Å². The van der Waals surface area contributed by atoms with Gasteiger partial charge in [0.25, 0.3) is 5.56 Å². The lowest BCUT2D eigenvalue weighted by molar-refractivity contribution is -0.143. The number of methoxy groups -OCH3 is 1. The number of thiazole rings is 1. The van der Waals surface area contributed by atoms with Crippen LogP contribution in [-0.4, -0.2) is 36.8 Å². The normalized spacial score (nSPS) is 15.2. The Morgan fingerprint density at radius 1 is 1.08 bits per heavy atom. The van der Waals surface area contributed by atoms with Gasteiger partial charge in [-0.15, -0.1) is 0 Å². The van der Waals surface area contributed by atoms with E-state index in [-0.39, 0.29) is 18.8 Å². The fourth-order valence-electron chi connectivity index (χ4n) is 3.87. The van der Waals surface area contributed by atoms with Gasteiger partial charge in [0.15, 0.2) is 11.4 Å². The monoisotopic (exact) mass is 506 g/mol. The van der Waals surface area contributed by atoms with Crippen molar-refractivity contribution < 1.29 is 23.8 Å². The quantitative estimate of drug-likeness (QED) is 0.457. The summed E-state index contributed by atoms with van der Waals surface area (Å²) in [7, 11) is 1.30. The van der Waals surface area contributed by atoms with Crippen LogP contribution in [0.15, 0.2) is 69.6 Å². The second kappa shape index (κ2) is 10.7. The van der Waals surface area contributed by atoms with Gasteiger partial charge < -0.3 is 14.2 Å². The van der Waals surface area contributed by atoms with Crippen LogP contribution in [-0.2, 0) is 19.1 Å². The zero-order chi connectivity index (χ0) is 25.8. The van der Waals surface area contributed by atoms with Crippen LogP contribution < -0.4 is 19.6 Å². The summed E-state index contributed by atoms with van der Waals surface area (Å²) in [5, 5.41) is 0. The van der Waals surface area contributed by atoms with Gasteiger partial charge in [-0.05, 0) is 50.1 Å². The maximum absolute atomic E-state index is 13.6. The van der Waals surface area contributed by atoms with Crippen LogP contribution in [0.1, 0.15) is 36.6 Å². The molecule has 1 atom stereocenters. The molecule has 2 heterocycles. The summed E-state index contributed by atoms with van der Waals surface area (Å²) >= 11 is 1.26. The number of aromatic nitrogens is 1. The molecule has 0 spiro atoms. The molecule has 186 valence electrons.